The predicted molar refractivity (Wildman–Crippen MR) is 104 cm³/mol. The summed E-state index contributed by atoms with van der Waals surface area (Å²) in [7, 11) is 2.12. The number of pyridine rings is 2. The summed E-state index contributed by atoms with van der Waals surface area (Å²) < 4.78 is 0. The van der Waals surface area contributed by atoms with Crippen molar-refractivity contribution in [2.75, 3.05) is 43.4 Å². The van der Waals surface area contributed by atoms with Crippen LogP contribution in [0, 0.1) is 0 Å². The van der Waals surface area contributed by atoms with E-state index in [-0.39, 0.29) is 5.91 Å². The lowest BCUT2D eigenvalue weighted by molar-refractivity contribution is 0.102. The van der Waals surface area contributed by atoms with E-state index in [0.29, 0.717) is 11.4 Å². The fraction of sp³-hybridized carbons (Fsp3) is 0.250. The molecule has 1 aromatic carbocycles. The first-order valence-corrected chi connectivity index (χ1v) is 8.75. The maximum absolute atomic E-state index is 12.6. The molecule has 0 atom stereocenters. The average molecular weight is 347 g/mol. The van der Waals surface area contributed by atoms with Crippen LogP contribution in [-0.4, -0.2) is 54.0 Å². The van der Waals surface area contributed by atoms with Gasteiger partial charge in [0.1, 0.15) is 11.6 Å². The van der Waals surface area contributed by atoms with Crippen LogP contribution in [0.25, 0.3) is 10.8 Å². The Morgan fingerprint density at radius 1 is 1.00 bits per heavy atom. The topological polar surface area (TPSA) is 61.4 Å². The smallest absolute Gasteiger partial charge is 0.257 e. The van der Waals surface area contributed by atoms with E-state index in [2.05, 4.69) is 32.1 Å². The number of hydrogen-bond acceptors (Lipinski definition) is 5. The van der Waals surface area contributed by atoms with Gasteiger partial charge in [-0.25, -0.2) is 9.97 Å². The third kappa shape index (κ3) is 3.50. The van der Waals surface area contributed by atoms with Crippen LogP contribution in [0.1, 0.15) is 10.4 Å². The third-order valence-electron chi connectivity index (χ3n) is 4.71. The third-order valence-corrected chi connectivity index (χ3v) is 4.71. The van der Waals surface area contributed by atoms with Crippen molar-refractivity contribution in [1.29, 1.82) is 0 Å². The Morgan fingerprint density at radius 2 is 1.77 bits per heavy atom. The molecule has 1 fully saturated rings. The van der Waals surface area contributed by atoms with Gasteiger partial charge >= 0.3 is 0 Å². The first kappa shape index (κ1) is 16.5. The lowest BCUT2D eigenvalue weighted by Gasteiger charge is -2.33. The zero-order valence-electron chi connectivity index (χ0n) is 14.7. The number of rotatable bonds is 3. The van der Waals surface area contributed by atoms with Gasteiger partial charge in [-0.05, 0) is 30.6 Å². The van der Waals surface area contributed by atoms with Crippen LogP contribution in [0.4, 0.5) is 11.6 Å². The molecule has 1 aliphatic heterocycles. The second-order valence-electron chi connectivity index (χ2n) is 6.56. The molecule has 4 rings (SSSR count). The zero-order valence-corrected chi connectivity index (χ0v) is 14.7. The molecule has 0 saturated carbocycles. The molecule has 6 heteroatoms. The summed E-state index contributed by atoms with van der Waals surface area (Å²) in [4.78, 5) is 25.9. The zero-order chi connectivity index (χ0) is 17.9. The van der Waals surface area contributed by atoms with E-state index in [1.165, 1.54) is 0 Å². The number of fused-ring (bicyclic) bond motifs is 1. The normalized spacial score (nSPS) is 15.2. The lowest BCUT2D eigenvalue weighted by Crippen LogP contribution is -2.44. The van der Waals surface area contributed by atoms with Crippen LogP contribution in [-0.2, 0) is 0 Å². The highest BCUT2D eigenvalue weighted by molar-refractivity contribution is 6.04. The van der Waals surface area contributed by atoms with Crippen molar-refractivity contribution in [2.45, 2.75) is 0 Å². The predicted octanol–water partition coefficient (Wildman–Crippen LogP) is 2.63. The van der Waals surface area contributed by atoms with Gasteiger partial charge in [0.05, 0.1) is 0 Å². The Labute approximate surface area is 152 Å². The summed E-state index contributed by atoms with van der Waals surface area (Å²) in [6.45, 7) is 3.83. The summed E-state index contributed by atoms with van der Waals surface area (Å²) in [5, 5.41) is 4.98. The number of nitrogens with one attached hydrogen (secondary N) is 1. The fourth-order valence-electron chi connectivity index (χ4n) is 3.11. The molecule has 132 valence electrons. The Bertz CT molecular complexity index is 934. The van der Waals surface area contributed by atoms with Gasteiger partial charge in [-0.3, -0.25) is 4.79 Å². The molecule has 1 amide bonds. The van der Waals surface area contributed by atoms with Gasteiger partial charge in [-0.1, -0.05) is 24.3 Å². The highest BCUT2D eigenvalue weighted by Gasteiger charge is 2.17. The van der Waals surface area contributed by atoms with Gasteiger partial charge in [0.15, 0.2) is 0 Å². The van der Waals surface area contributed by atoms with E-state index in [9.17, 15) is 4.79 Å². The molecule has 1 N–H and O–H groups in total. The van der Waals surface area contributed by atoms with Gasteiger partial charge < -0.3 is 15.1 Å². The van der Waals surface area contributed by atoms with Crippen LogP contribution in [0.2, 0.25) is 0 Å². The molecule has 26 heavy (non-hydrogen) atoms. The lowest BCUT2D eigenvalue weighted by atomic mass is 10.2. The molecule has 3 heterocycles. The minimum Gasteiger partial charge on any atom is -0.354 e. The number of hydrogen-bond donors (Lipinski definition) is 1. The Hall–Kier alpha value is -2.99. The van der Waals surface area contributed by atoms with Crippen molar-refractivity contribution in [3.05, 3.63) is 60.4 Å². The standard InChI is InChI=1S/C20H21N5O/c1-24-8-10-25(11-9-24)19-13-16(6-7-21-19)20(26)23-18-12-15-4-2-3-5-17(15)14-22-18/h2-7,12-14H,8-11H2,1H3,(H,22,23,26). The molecule has 0 aliphatic carbocycles. The number of carbonyl (C=O) groups excluding carboxylic acids is 1. The van der Waals surface area contributed by atoms with Crippen molar-refractivity contribution in [1.82, 2.24) is 14.9 Å². The number of nitrogens with zero attached hydrogens (tertiary/aromatic N) is 4. The maximum Gasteiger partial charge on any atom is 0.257 e. The van der Waals surface area contributed by atoms with E-state index in [0.717, 1.165) is 42.8 Å². The monoisotopic (exact) mass is 347 g/mol. The molecular weight excluding hydrogens is 326 g/mol. The second-order valence-corrected chi connectivity index (χ2v) is 6.56. The summed E-state index contributed by atoms with van der Waals surface area (Å²) in [6.07, 6.45) is 3.46. The number of anilines is 2. The molecule has 1 saturated heterocycles. The average Bonchev–Trinajstić information content (AvgIpc) is 2.68. The largest absolute Gasteiger partial charge is 0.354 e. The van der Waals surface area contributed by atoms with Crippen LogP contribution >= 0.6 is 0 Å². The Balaban J connectivity index is 1.51. The first-order chi connectivity index (χ1) is 12.7. The van der Waals surface area contributed by atoms with Crippen molar-refractivity contribution in [2.24, 2.45) is 0 Å². The molecule has 3 aromatic rings. The molecule has 6 nitrogen and oxygen atoms in total. The number of likely N-dealkylation sites (N-methyl/N-ethyl adjacent to an activating group) is 1. The summed E-state index contributed by atoms with van der Waals surface area (Å²) in [5.74, 6) is 1.22. The van der Waals surface area contributed by atoms with Crippen molar-refractivity contribution < 1.29 is 4.79 Å². The van der Waals surface area contributed by atoms with Crippen LogP contribution in [0.3, 0.4) is 0 Å². The van der Waals surface area contributed by atoms with Gasteiger partial charge in [0.2, 0.25) is 0 Å². The molecule has 0 spiro atoms. The summed E-state index contributed by atoms with van der Waals surface area (Å²) >= 11 is 0. The van der Waals surface area contributed by atoms with Crippen LogP contribution in [0.15, 0.2) is 54.9 Å². The van der Waals surface area contributed by atoms with Gasteiger partial charge in [-0.2, -0.15) is 0 Å². The minimum absolute atomic E-state index is 0.175. The fourth-order valence-corrected chi connectivity index (χ4v) is 3.11. The highest BCUT2D eigenvalue weighted by Crippen LogP contribution is 2.18. The van der Waals surface area contributed by atoms with Gasteiger partial charge in [0, 0.05) is 49.5 Å². The van der Waals surface area contributed by atoms with Crippen LogP contribution in [0.5, 0.6) is 0 Å². The van der Waals surface area contributed by atoms with E-state index >= 15 is 0 Å². The number of amides is 1. The quantitative estimate of drug-likeness (QED) is 0.789. The van der Waals surface area contributed by atoms with E-state index < -0.39 is 0 Å². The maximum atomic E-state index is 12.6. The minimum atomic E-state index is -0.175. The summed E-state index contributed by atoms with van der Waals surface area (Å²) in [5.41, 5.74) is 0.587. The van der Waals surface area contributed by atoms with Crippen molar-refractivity contribution in [3.63, 3.8) is 0 Å². The molecule has 0 bridgehead atoms. The van der Waals surface area contributed by atoms with Crippen molar-refractivity contribution >= 4 is 28.3 Å². The summed E-state index contributed by atoms with van der Waals surface area (Å²) in [6, 6.07) is 13.4. The molecular formula is C20H21N5O. The Morgan fingerprint density at radius 3 is 2.58 bits per heavy atom. The molecule has 1 aliphatic rings. The number of aromatic nitrogens is 2. The van der Waals surface area contributed by atoms with Gasteiger partial charge in [0.25, 0.3) is 5.91 Å². The number of carbonyl (C=O) groups is 1. The van der Waals surface area contributed by atoms with E-state index in [1.54, 1.807) is 18.5 Å². The SMILES string of the molecule is CN1CCN(c2cc(C(=O)Nc3cc4ccccc4cn3)ccn2)CC1. The Kier molecular flexibility index (Phi) is 4.50. The second kappa shape index (κ2) is 7.09. The van der Waals surface area contributed by atoms with Gasteiger partial charge in [-0.15, -0.1) is 0 Å². The number of piperazine rings is 1. The molecule has 0 unspecified atom stereocenters. The molecule has 2 aromatic heterocycles. The first-order valence-electron chi connectivity index (χ1n) is 8.75. The van der Waals surface area contributed by atoms with Crippen molar-refractivity contribution in [3.8, 4) is 0 Å². The van der Waals surface area contributed by atoms with E-state index in [4.69, 9.17) is 0 Å². The van der Waals surface area contributed by atoms with Crippen LogP contribution < -0.4 is 10.2 Å². The molecule has 0 radical (unpaired) electrons. The van der Waals surface area contributed by atoms with E-state index in [1.807, 2.05) is 36.4 Å². The number of benzene rings is 1. The highest BCUT2D eigenvalue weighted by atomic mass is 16.1.